The highest BCUT2D eigenvalue weighted by Gasteiger charge is 2.39. The fraction of sp³-hybridized carbons (Fsp3) is 0.0377. The van der Waals surface area contributed by atoms with E-state index in [1.165, 1.54) is 6.07 Å². The van der Waals surface area contributed by atoms with Crippen LogP contribution < -0.4 is 0 Å². The van der Waals surface area contributed by atoms with Crippen molar-refractivity contribution < 1.29 is 26.3 Å². The van der Waals surface area contributed by atoms with Gasteiger partial charge in [0.15, 0.2) is 17.5 Å². The summed E-state index contributed by atoms with van der Waals surface area (Å²) in [5.74, 6) is 0.551. The van der Waals surface area contributed by atoms with E-state index in [4.69, 9.17) is 15.0 Å². The maximum Gasteiger partial charge on any atom is 0.417 e. The van der Waals surface area contributed by atoms with Crippen molar-refractivity contribution in [1.82, 2.24) is 19.5 Å². The highest BCUT2D eigenvalue weighted by molar-refractivity contribution is 6.11. The third-order valence-electron chi connectivity index (χ3n) is 11.1. The molecule has 0 aliphatic carbocycles. The Morgan fingerprint density at radius 1 is 0.333 bits per heavy atom. The first-order valence-electron chi connectivity index (χ1n) is 20.0. The van der Waals surface area contributed by atoms with Gasteiger partial charge in [0.1, 0.15) is 0 Å². The van der Waals surface area contributed by atoms with Crippen LogP contribution in [0, 0.1) is 0 Å². The van der Waals surface area contributed by atoms with Crippen LogP contribution in [0.1, 0.15) is 11.1 Å². The van der Waals surface area contributed by atoms with Crippen LogP contribution in [0.4, 0.5) is 26.3 Å². The Labute approximate surface area is 357 Å². The molecule has 0 aliphatic heterocycles. The van der Waals surface area contributed by atoms with Gasteiger partial charge in [0.25, 0.3) is 0 Å². The zero-order valence-corrected chi connectivity index (χ0v) is 33.0. The van der Waals surface area contributed by atoms with Crippen molar-refractivity contribution in [1.29, 1.82) is 0 Å². The van der Waals surface area contributed by atoms with E-state index in [0.29, 0.717) is 22.9 Å². The molecular weight excluding hydrogens is 807 g/mol. The van der Waals surface area contributed by atoms with Crippen molar-refractivity contribution in [2.75, 3.05) is 0 Å². The minimum absolute atomic E-state index is 0.0141. The van der Waals surface area contributed by atoms with E-state index in [9.17, 15) is 13.2 Å². The van der Waals surface area contributed by atoms with Crippen LogP contribution in [0.15, 0.2) is 194 Å². The smallest absolute Gasteiger partial charge is 0.309 e. The molecule has 8 aromatic carbocycles. The summed E-state index contributed by atoms with van der Waals surface area (Å²) in [5.41, 5.74) is 4.18. The van der Waals surface area contributed by atoms with Gasteiger partial charge >= 0.3 is 12.4 Å². The lowest BCUT2D eigenvalue weighted by Crippen LogP contribution is -2.12. The number of rotatable bonds is 7. The number of halogens is 6. The summed E-state index contributed by atoms with van der Waals surface area (Å²) in [4.78, 5) is 14.6. The number of hydrogen-bond acceptors (Lipinski definition) is 3. The Morgan fingerprint density at radius 3 is 1.24 bits per heavy atom. The molecule has 63 heavy (non-hydrogen) atoms. The van der Waals surface area contributed by atoms with E-state index < -0.39 is 29.0 Å². The molecule has 0 bridgehead atoms. The van der Waals surface area contributed by atoms with Crippen LogP contribution in [0.2, 0.25) is 0 Å². The van der Waals surface area contributed by atoms with Crippen molar-refractivity contribution in [3.63, 3.8) is 0 Å². The van der Waals surface area contributed by atoms with E-state index >= 15 is 13.2 Å². The van der Waals surface area contributed by atoms with E-state index in [1.807, 2.05) is 121 Å². The zero-order chi connectivity index (χ0) is 43.3. The Hall–Kier alpha value is -7.85. The number of fused-ring (bicyclic) bond motifs is 3. The molecule has 0 spiro atoms. The molecule has 0 aliphatic rings. The SMILES string of the molecule is FC(F)(F)c1ccc(-c2ccc(-n3c4cc(-c5ccccc5)ccc4c4ccc(-c5ccccc5)cc43)cc2-c2nc(-c3ccccc3)nc(-c3ccccc3)n2)c(C(F)(F)F)c1. The second-order valence-corrected chi connectivity index (χ2v) is 15.1. The lowest BCUT2D eigenvalue weighted by atomic mass is 9.92. The molecule has 2 aromatic heterocycles. The molecule has 10 aromatic rings. The van der Waals surface area contributed by atoms with Crippen LogP contribution in [0.5, 0.6) is 0 Å². The lowest BCUT2D eigenvalue weighted by molar-refractivity contribution is -0.142. The Balaban J connectivity index is 1.30. The molecular formula is C53H32F6N4. The average molecular weight is 839 g/mol. The normalized spacial score (nSPS) is 12.0. The zero-order valence-electron chi connectivity index (χ0n) is 33.0. The number of alkyl halides is 6. The number of nitrogens with zero attached hydrogens (tertiary/aromatic N) is 4. The van der Waals surface area contributed by atoms with Crippen LogP contribution in [0.3, 0.4) is 0 Å². The van der Waals surface area contributed by atoms with Gasteiger partial charge in [-0.25, -0.2) is 15.0 Å². The molecule has 0 fully saturated rings. The summed E-state index contributed by atoms with van der Waals surface area (Å²) in [7, 11) is 0. The van der Waals surface area contributed by atoms with E-state index in [0.717, 1.165) is 50.1 Å². The second-order valence-electron chi connectivity index (χ2n) is 15.1. The second kappa shape index (κ2) is 15.6. The molecule has 0 radical (unpaired) electrons. The Bertz CT molecular complexity index is 3140. The molecule has 10 rings (SSSR count). The Morgan fingerprint density at radius 2 is 0.778 bits per heavy atom. The van der Waals surface area contributed by atoms with Gasteiger partial charge in [-0.2, -0.15) is 26.3 Å². The van der Waals surface area contributed by atoms with E-state index in [2.05, 4.69) is 41.0 Å². The standard InChI is InChI=1S/C53H32F6N4/c54-52(55,56)39-23-27-42(46(31-39)53(57,58)59)41-28-24-40(32-45(41)51-61-49(35-17-9-3-10-18-35)60-50(62-51)36-19-11-4-12-20-36)63-47-29-37(33-13-5-1-6-14-33)21-25-43(47)44-26-22-38(30-48(44)63)34-15-7-2-8-16-34/h1-32H. The molecule has 2 heterocycles. The molecule has 4 nitrogen and oxygen atoms in total. The van der Waals surface area contributed by atoms with Crippen molar-refractivity contribution >= 4 is 21.8 Å². The molecule has 0 saturated heterocycles. The third-order valence-corrected chi connectivity index (χ3v) is 11.1. The number of benzene rings is 8. The summed E-state index contributed by atoms with van der Waals surface area (Å²) in [6, 6.07) is 57.1. The molecule has 0 saturated carbocycles. The van der Waals surface area contributed by atoms with Crippen molar-refractivity contribution in [2.45, 2.75) is 12.4 Å². The lowest BCUT2D eigenvalue weighted by Gasteiger charge is -2.20. The highest BCUT2D eigenvalue weighted by Crippen LogP contribution is 2.45. The summed E-state index contributed by atoms with van der Waals surface area (Å²) in [6.07, 6.45) is -10.2. The first kappa shape index (κ1) is 39.3. The van der Waals surface area contributed by atoms with Crippen LogP contribution in [-0.2, 0) is 12.4 Å². The number of aromatic nitrogens is 4. The fourth-order valence-corrected chi connectivity index (χ4v) is 8.13. The molecule has 0 atom stereocenters. The predicted octanol–water partition coefficient (Wildman–Crippen LogP) is 15.0. The first-order chi connectivity index (χ1) is 30.5. The number of hydrogen-bond donors (Lipinski definition) is 0. The van der Waals surface area contributed by atoms with Crippen LogP contribution in [-0.4, -0.2) is 19.5 Å². The first-order valence-corrected chi connectivity index (χ1v) is 20.0. The Kier molecular flexibility index (Phi) is 9.71. The minimum Gasteiger partial charge on any atom is -0.309 e. The van der Waals surface area contributed by atoms with E-state index in [1.54, 1.807) is 12.1 Å². The van der Waals surface area contributed by atoms with Crippen LogP contribution >= 0.6 is 0 Å². The summed E-state index contributed by atoms with van der Waals surface area (Å²) < 4.78 is 89.0. The van der Waals surface area contributed by atoms with Gasteiger partial charge in [0.2, 0.25) is 0 Å². The van der Waals surface area contributed by atoms with E-state index in [-0.39, 0.29) is 34.7 Å². The molecule has 10 heteroatoms. The molecule has 0 unspecified atom stereocenters. The van der Waals surface area contributed by atoms with Gasteiger partial charge < -0.3 is 4.57 Å². The maximum absolute atomic E-state index is 15.0. The third kappa shape index (κ3) is 7.50. The summed E-state index contributed by atoms with van der Waals surface area (Å²) in [5, 5.41) is 1.88. The molecule has 0 amide bonds. The van der Waals surface area contributed by atoms with Gasteiger partial charge in [-0.3, -0.25) is 0 Å². The maximum atomic E-state index is 15.0. The van der Waals surface area contributed by atoms with Crippen molar-refractivity contribution in [3.05, 3.63) is 205 Å². The molecule has 306 valence electrons. The van der Waals surface area contributed by atoms with Crippen molar-refractivity contribution in [3.8, 4) is 73.2 Å². The van der Waals surface area contributed by atoms with Gasteiger partial charge in [0, 0.05) is 33.2 Å². The monoisotopic (exact) mass is 838 g/mol. The average Bonchev–Trinajstić information content (AvgIpc) is 3.64. The van der Waals surface area contributed by atoms with Crippen LogP contribution in [0.25, 0.3) is 95.0 Å². The predicted molar refractivity (Wildman–Crippen MR) is 237 cm³/mol. The van der Waals surface area contributed by atoms with Gasteiger partial charge in [-0.05, 0) is 69.8 Å². The van der Waals surface area contributed by atoms with Gasteiger partial charge in [-0.1, -0.05) is 158 Å². The topological polar surface area (TPSA) is 43.6 Å². The van der Waals surface area contributed by atoms with Gasteiger partial charge in [-0.15, -0.1) is 0 Å². The van der Waals surface area contributed by atoms with Gasteiger partial charge in [0.05, 0.1) is 22.2 Å². The summed E-state index contributed by atoms with van der Waals surface area (Å²) >= 11 is 0. The minimum atomic E-state index is -5.15. The van der Waals surface area contributed by atoms with Crippen molar-refractivity contribution in [2.24, 2.45) is 0 Å². The largest absolute Gasteiger partial charge is 0.417 e. The quantitative estimate of drug-likeness (QED) is 0.150. The highest BCUT2D eigenvalue weighted by atomic mass is 19.4. The molecule has 0 N–H and O–H groups in total. The fourth-order valence-electron chi connectivity index (χ4n) is 8.13. The summed E-state index contributed by atoms with van der Waals surface area (Å²) in [6.45, 7) is 0.